The second kappa shape index (κ2) is 7.21. The van der Waals surface area contributed by atoms with Crippen molar-refractivity contribution < 1.29 is 13.2 Å². The zero-order chi connectivity index (χ0) is 14.5. The summed E-state index contributed by atoms with van der Waals surface area (Å²) in [5.74, 6) is -0.00998. The zero-order valence-corrected chi connectivity index (χ0v) is 12.6. The molecule has 1 rings (SSSR count). The Morgan fingerprint density at radius 1 is 1.32 bits per heavy atom. The minimum absolute atomic E-state index is 0.00998. The molecule has 0 saturated carbocycles. The highest BCUT2D eigenvalue weighted by atomic mass is 32.2. The first-order valence-corrected chi connectivity index (χ1v) is 8.42. The lowest BCUT2D eigenvalue weighted by Gasteiger charge is -2.20. The number of carbonyl (C=O) groups is 1. The third-order valence-electron chi connectivity index (χ3n) is 3.35. The van der Waals surface area contributed by atoms with E-state index < -0.39 is 21.3 Å². The molecular formula is C12H25N3O3S. The van der Waals surface area contributed by atoms with E-state index in [1.807, 2.05) is 0 Å². The van der Waals surface area contributed by atoms with Gasteiger partial charge in [-0.3, -0.25) is 4.79 Å². The number of hydrogen-bond donors (Lipinski definition) is 2. The van der Waals surface area contributed by atoms with Crippen molar-refractivity contribution in [2.75, 3.05) is 19.6 Å². The molecule has 0 aromatic heterocycles. The Morgan fingerprint density at radius 3 is 2.42 bits per heavy atom. The van der Waals surface area contributed by atoms with Crippen LogP contribution in [-0.2, 0) is 14.8 Å². The van der Waals surface area contributed by atoms with Crippen LogP contribution >= 0.6 is 0 Å². The Kier molecular flexibility index (Phi) is 6.22. The van der Waals surface area contributed by atoms with Crippen molar-refractivity contribution in [2.24, 2.45) is 5.73 Å². The predicted molar refractivity (Wildman–Crippen MR) is 75.1 cm³/mol. The van der Waals surface area contributed by atoms with Crippen molar-refractivity contribution in [1.29, 1.82) is 0 Å². The van der Waals surface area contributed by atoms with E-state index in [0.29, 0.717) is 19.4 Å². The van der Waals surface area contributed by atoms with Gasteiger partial charge in [0.25, 0.3) is 0 Å². The van der Waals surface area contributed by atoms with Crippen molar-refractivity contribution in [2.45, 2.75) is 50.8 Å². The number of nitrogens with one attached hydrogen (secondary N) is 1. The number of likely N-dealkylation sites (tertiary alicyclic amines) is 1. The molecule has 19 heavy (non-hydrogen) atoms. The fraction of sp³-hybridized carbons (Fsp3) is 0.917. The Hall–Kier alpha value is -0.660. The smallest absolute Gasteiger partial charge is 0.239 e. The molecule has 1 amide bonds. The monoisotopic (exact) mass is 291 g/mol. The Balaban J connectivity index is 2.23. The first kappa shape index (κ1) is 16.4. The third kappa shape index (κ3) is 5.08. The topological polar surface area (TPSA) is 92.5 Å². The molecule has 1 saturated heterocycles. The molecule has 0 aromatic rings. The van der Waals surface area contributed by atoms with Crippen molar-refractivity contribution in [1.82, 2.24) is 9.62 Å². The van der Waals surface area contributed by atoms with Crippen LogP contribution in [0.1, 0.15) is 39.5 Å². The van der Waals surface area contributed by atoms with E-state index in [-0.39, 0.29) is 5.91 Å². The van der Waals surface area contributed by atoms with Gasteiger partial charge in [-0.2, -0.15) is 0 Å². The van der Waals surface area contributed by atoms with E-state index in [9.17, 15) is 13.2 Å². The van der Waals surface area contributed by atoms with Crippen LogP contribution < -0.4 is 10.5 Å². The normalized spacial score (nSPS) is 18.0. The number of sulfonamides is 1. The molecule has 1 unspecified atom stereocenters. The summed E-state index contributed by atoms with van der Waals surface area (Å²) in [5, 5.41) is -0.438. The molecule has 7 heteroatoms. The summed E-state index contributed by atoms with van der Waals surface area (Å²) in [6, 6.07) is -0.512. The van der Waals surface area contributed by atoms with Crippen LogP contribution in [0.2, 0.25) is 0 Å². The molecule has 6 nitrogen and oxygen atoms in total. The van der Waals surface area contributed by atoms with E-state index >= 15 is 0 Å². The van der Waals surface area contributed by atoms with Crippen LogP contribution in [0.4, 0.5) is 0 Å². The van der Waals surface area contributed by atoms with Gasteiger partial charge in [0.05, 0.1) is 11.3 Å². The minimum Gasteiger partial charge on any atom is -0.341 e. The molecule has 0 aliphatic carbocycles. The molecule has 0 spiro atoms. The summed E-state index contributed by atoms with van der Waals surface area (Å²) in [5.41, 5.74) is 5.84. The summed E-state index contributed by atoms with van der Waals surface area (Å²) < 4.78 is 25.5. The second-order valence-electron chi connectivity index (χ2n) is 5.27. The van der Waals surface area contributed by atoms with Crippen LogP contribution in [0.3, 0.4) is 0 Å². The van der Waals surface area contributed by atoms with Gasteiger partial charge in [-0.25, -0.2) is 13.1 Å². The first-order chi connectivity index (χ1) is 8.84. The van der Waals surface area contributed by atoms with Gasteiger partial charge < -0.3 is 10.6 Å². The molecule has 1 aliphatic rings. The molecule has 3 N–H and O–H groups in total. The van der Waals surface area contributed by atoms with Gasteiger partial charge in [-0.05, 0) is 39.5 Å². The number of nitrogens with zero attached hydrogens (tertiary/aromatic N) is 1. The number of nitrogens with two attached hydrogens (primary N) is 1. The van der Waals surface area contributed by atoms with Gasteiger partial charge in [-0.1, -0.05) is 0 Å². The van der Waals surface area contributed by atoms with Crippen molar-refractivity contribution in [3.8, 4) is 0 Å². The van der Waals surface area contributed by atoms with Crippen molar-refractivity contribution in [3.05, 3.63) is 0 Å². The van der Waals surface area contributed by atoms with Crippen molar-refractivity contribution in [3.63, 3.8) is 0 Å². The maximum Gasteiger partial charge on any atom is 0.239 e. The molecule has 1 atom stereocenters. The lowest BCUT2D eigenvalue weighted by atomic mass is 10.1. The van der Waals surface area contributed by atoms with E-state index in [4.69, 9.17) is 5.73 Å². The second-order valence-corrected chi connectivity index (χ2v) is 7.59. The fourth-order valence-corrected chi connectivity index (χ4v) is 2.76. The number of amides is 1. The highest BCUT2D eigenvalue weighted by Crippen LogP contribution is 2.10. The molecule has 112 valence electrons. The molecular weight excluding hydrogens is 266 g/mol. The van der Waals surface area contributed by atoms with Gasteiger partial charge in [0, 0.05) is 19.6 Å². The average Bonchev–Trinajstić information content (AvgIpc) is 2.86. The van der Waals surface area contributed by atoms with Gasteiger partial charge in [0.1, 0.15) is 0 Å². The third-order valence-corrected chi connectivity index (χ3v) is 5.20. The maximum absolute atomic E-state index is 11.9. The quantitative estimate of drug-likeness (QED) is 0.648. The standard InChI is InChI=1S/C12H25N3O3S/c1-10(2)19(17,18)14-7-5-6-11(13)12(16)15-8-3-4-9-15/h10-11,14H,3-9,13H2,1-2H3. The van der Waals surface area contributed by atoms with E-state index in [1.165, 1.54) is 0 Å². The largest absolute Gasteiger partial charge is 0.341 e. The molecule has 1 fully saturated rings. The van der Waals surface area contributed by atoms with Crippen molar-refractivity contribution >= 4 is 15.9 Å². The summed E-state index contributed by atoms with van der Waals surface area (Å²) in [6.07, 6.45) is 3.18. The maximum atomic E-state index is 11.9. The van der Waals surface area contributed by atoms with Gasteiger partial charge in [0.15, 0.2) is 0 Å². The lowest BCUT2D eigenvalue weighted by Crippen LogP contribution is -2.42. The average molecular weight is 291 g/mol. The minimum atomic E-state index is -3.22. The van der Waals surface area contributed by atoms with Gasteiger partial charge >= 0.3 is 0 Å². The number of rotatable bonds is 7. The van der Waals surface area contributed by atoms with Crippen LogP contribution in [0.5, 0.6) is 0 Å². The van der Waals surface area contributed by atoms with E-state index in [1.54, 1.807) is 18.7 Å². The van der Waals surface area contributed by atoms with Crippen LogP contribution in [0.25, 0.3) is 0 Å². The first-order valence-electron chi connectivity index (χ1n) is 6.87. The predicted octanol–water partition coefficient (Wildman–Crippen LogP) is 0.0441. The summed E-state index contributed by atoms with van der Waals surface area (Å²) in [4.78, 5) is 13.7. The Morgan fingerprint density at radius 2 is 1.89 bits per heavy atom. The zero-order valence-electron chi connectivity index (χ0n) is 11.8. The molecule has 0 radical (unpaired) electrons. The lowest BCUT2D eigenvalue weighted by molar-refractivity contribution is -0.131. The fourth-order valence-electron chi connectivity index (χ4n) is 2.00. The molecule has 1 heterocycles. The molecule has 0 aromatic carbocycles. The van der Waals surface area contributed by atoms with Crippen LogP contribution in [-0.4, -0.2) is 50.2 Å². The Bertz CT molecular complexity index is 389. The van der Waals surface area contributed by atoms with Gasteiger partial charge in [0.2, 0.25) is 15.9 Å². The highest BCUT2D eigenvalue weighted by Gasteiger charge is 2.23. The van der Waals surface area contributed by atoms with Crippen LogP contribution in [0, 0.1) is 0 Å². The van der Waals surface area contributed by atoms with E-state index in [2.05, 4.69) is 4.72 Å². The summed E-state index contributed by atoms with van der Waals surface area (Å²) in [7, 11) is -3.22. The molecule has 1 aliphatic heterocycles. The van der Waals surface area contributed by atoms with Gasteiger partial charge in [-0.15, -0.1) is 0 Å². The van der Waals surface area contributed by atoms with E-state index in [0.717, 1.165) is 25.9 Å². The summed E-state index contributed by atoms with van der Waals surface area (Å²) >= 11 is 0. The number of carbonyl (C=O) groups excluding carboxylic acids is 1. The number of hydrogen-bond acceptors (Lipinski definition) is 4. The van der Waals surface area contributed by atoms with Crippen LogP contribution in [0.15, 0.2) is 0 Å². The summed E-state index contributed by atoms with van der Waals surface area (Å²) in [6.45, 7) is 5.19. The Labute approximate surface area is 115 Å². The molecule has 0 bridgehead atoms. The SMILES string of the molecule is CC(C)S(=O)(=O)NCCCC(N)C(=O)N1CCCC1. The highest BCUT2D eigenvalue weighted by molar-refractivity contribution is 7.90.